The van der Waals surface area contributed by atoms with Gasteiger partial charge in [-0.25, -0.2) is 18.4 Å². The predicted molar refractivity (Wildman–Crippen MR) is 216 cm³/mol. The molecule has 2 heterocycles. The van der Waals surface area contributed by atoms with Gasteiger partial charge in [-0.15, -0.1) is 0 Å². The van der Waals surface area contributed by atoms with E-state index in [9.17, 15) is 19.2 Å². The maximum atomic E-state index is 15.5. The van der Waals surface area contributed by atoms with Gasteiger partial charge in [0.25, 0.3) is 0 Å². The second kappa shape index (κ2) is 15.8. The van der Waals surface area contributed by atoms with E-state index in [2.05, 4.69) is 21.3 Å². The molecular formula is C44H50F2N6O4. The molecule has 2 aliphatic rings. The summed E-state index contributed by atoms with van der Waals surface area (Å²) in [5, 5.41) is 11.0. The number of carbonyl (C=O) groups excluding carboxylic acids is 4. The number of urea groups is 2. The first kappa shape index (κ1) is 39.9. The molecule has 0 radical (unpaired) electrons. The fraction of sp³-hybridized carbons (Fsp3) is 0.364. The van der Waals surface area contributed by atoms with Crippen molar-refractivity contribution in [1.29, 1.82) is 0 Å². The lowest BCUT2D eigenvalue weighted by atomic mass is 9.91. The monoisotopic (exact) mass is 764 g/mol. The van der Waals surface area contributed by atoms with E-state index in [0.29, 0.717) is 37.2 Å². The molecule has 56 heavy (non-hydrogen) atoms. The van der Waals surface area contributed by atoms with Crippen LogP contribution in [0.25, 0.3) is 0 Å². The summed E-state index contributed by atoms with van der Waals surface area (Å²) in [5.74, 6) is -2.16. The summed E-state index contributed by atoms with van der Waals surface area (Å²) in [6.07, 6.45) is 1.24. The Kier molecular flexibility index (Phi) is 11.2. The molecule has 0 bridgehead atoms. The number of nitrogens with zero attached hydrogens (tertiary/aromatic N) is 2. The van der Waals surface area contributed by atoms with Gasteiger partial charge in [-0.1, -0.05) is 68.4 Å². The molecule has 294 valence electrons. The van der Waals surface area contributed by atoms with E-state index >= 15 is 8.78 Å². The fourth-order valence-electron chi connectivity index (χ4n) is 7.46. The normalized spacial score (nSPS) is 16.9. The van der Waals surface area contributed by atoms with Crippen molar-refractivity contribution in [3.8, 4) is 0 Å². The third-order valence-electron chi connectivity index (χ3n) is 9.94. The highest BCUT2D eigenvalue weighted by Crippen LogP contribution is 2.37. The summed E-state index contributed by atoms with van der Waals surface area (Å²) < 4.78 is 30.9. The van der Waals surface area contributed by atoms with Crippen LogP contribution in [0, 0.1) is 23.5 Å². The van der Waals surface area contributed by atoms with Crippen molar-refractivity contribution >= 4 is 46.6 Å². The highest BCUT2D eigenvalue weighted by molar-refractivity contribution is 6.00. The van der Waals surface area contributed by atoms with Crippen LogP contribution in [0.5, 0.6) is 0 Å². The van der Waals surface area contributed by atoms with Crippen molar-refractivity contribution in [2.45, 2.75) is 91.9 Å². The third kappa shape index (κ3) is 9.35. The van der Waals surface area contributed by atoms with E-state index < -0.39 is 34.8 Å². The number of anilines is 4. The number of fused-ring (bicyclic) bond motifs is 2. The SMILES string of the molecule is C[C@@H]1Cc2cc(NC(=O)NC(C)(C)Cc3cccc(CN4C(=O)[C@@H](C)Cc5cc(NC(=O)NC(C)(C)C)c(F)cc54)c3)c(F)cc2N(Cc2ccccc2)C1=O. The smallest absolute Gasteiger partial charge is 0.319 e. The molecule has 2 atom stereocenters. The first-order chi connectivity index (χ1) is 26.4. The number of nitrogens with one attached hydrogen (secondary N) is 4. The van der Waals surface area contributed by atoms with Crippen LogP contribution >= 0.6 is 0 Å². The number of halogens is 2. The molecule has 0 spiro atoms. The minimum atomic E-state index is -0.769. The topological polar surface area (TPSA) is 123 Å². The average Bonchev–Trinajstić information content (AvgIpc) is 3.10. The fourth-order valence-corrected chi connectivity index (χ4v) is 7.46. The summed E-state index contributed by atoms with van der Waals surface area (Å²) in [7, 11) is 0. The first-order valence-corrected chi connectivity index (χ1v) is 18.9. The molecule has 4 aromatic rings. The summed E-state index contributed by atoms with van der Waals surface area (Å²) >= 11 is 0. The number of rotatable bonds is 9. The van der Waals surface area contributed by atoms with Crippen LogP contribution in [-0.4, -0.2) is 35.0 Å². The Hall–Kier alpha value is -5.78. The maximum absolute atomic E-state index is 15.5. The lowest BCUT2D eigenvalue weighted by Crippen LogP contribution is -2.47. The average molecular weight is 765 g/mol. The summed E-state index contributed by atoms with van der Waals surface area (Å²) in [6, 6.07) is 21.9. The minimum Gasteiger partial charge on any atom is -0.333 e. The van der Waals surface area contributed by atoms with Crippen molar-refractivity contribution in [2.24, 2.45) is 11.8 Å². The van der Waals surface area contributed by atoms with E-state index in [1.165, 1.54) is 12.1 Å². The van der Waals surface area contributed by atoms with Gasteiger partial charge in [0.15, 0.2) is 0 Å². The van der Waals surface area contributed by atoms with Gasteiger partial charge < -0.3 is 31.1 Å². The minimum absolute atomic E-state index is 0.0217. The Morgan fingerprint density at radius 2 is 1.11 bits per heavy atom. The molecule has 2 aliphatic heterocycles. The van der Waals surface area contributed by atoms with Crippen molar-refractivity contribution in [1.82, 2.24) is 10.6 Å². The zero-order valence-corrected chi connectivity index (χ0v) is 33.0. The Morgan fingerprint density at radius 3 is 1.62 bits per heavy atom. The van der Waals surface area contributed by atoms with Crippen LogP contribution in [0.2, 0.25) is 0 Å². The number of carbonyl (C=O) groups is 4. The van der Waals surface area contributed by atoms with Crippen molar-refractivity contribution in [2.75, 3.05) is 20.4 Å². The Balaban J connectivity index is 1.13. The van der Waals surface area contributed by atoms with E-state index in [-0.39, 0.29) is 41.6 Å². The zero-order valence-electron chi connectivity index (χ0n) is 33.0. The Bertz CT molecular complexity index is 2170. The van der Waals surface area contributed by atoms with E-state index in [0.717, 1.165) is 27.8 Å². The molecule has 6 rings (SSSR count). The largest absolute Gasteiger partial charge is 0.333 e. The number of benzene rings is 4. The van der Waals surface area contributed by atoms with Gasteiger partial charge in [0.1, 0.15) is 11.6 Å². The highest BCUT2D eigenvalue weighted by Gasteiger charge is 2.33. The summed E-state index contributed by atoms with van der Waals surface area (Å²) in [4.78, 5) is 55.5. The quantitative estimate of drug-likeness (QED) is 0.137. The van der Waals surface area contributed by atoms with Gasteiger partial charge in [0, 0.05) is 35.0 Å². The van der Waals surface area contributed by atoms with Crippen molar-refractivity contribution in [3.63, 3.8) is 0 Å². The van der Waals surface area contributed by atoms with E-state index in [1.54, 1.807) is 21.9 Å². The summed E-state index contributed by atoms with van der Waals surface area (Å²) in [5.41, 5.74) is 3.89. The summed E-state index contributed by atoms with van der Waals surface area (Å²) in [6.45, 7) is 13.4. The van der Waals surface area contributed by atoms with Gasteiger partial charge in [0.05, 0.1) is 35.8 Å². The van der Waals surface area contributed by atoms with E-state index in [4.69, 9.17) is 0 Å². The molecule has 10 nitrogen and oxygen atoms in total. The maximum Gasteiger partial charge on any atom is 0.319 e. The van der Waals surface area contributed by atoms with Gasteiger partial charge >= 0.3 is 12.1 Å². The molecule has 12 heteroatoms. The molecule has 0 saturated carbocycles. The Labute approximate surface area is 327 Å². The number of hydrogen-bond donors (Lipinski definition) is 4. The molecular weight excluding hydrogens is 715 g/mol. The van der Waals surface area contributed by atoms with Crippen LogP contribution < -0.4 is 31.1 Å². The molecule has 0 unspecified atom stereocenters. The number of hydrogen-bond acceptors (Lipinski definition) is 4. The van der Waals surface area contributed by atoms with Gasteiger partial charge in [-0.05, 0) is 93.8 Å². The second-order valence-corrected chi connectivity index (χ2v) is 16.8. The highest BCUT2D eigenvalue weighted by atomic mass is 19.1. The van der Waals surface area contributed by atoms with Crippen LogP contribution in [0.3, 0.4) is 0 Å². The molecule has 0 aliphatic carbocycles. The molecule has 0 fully saturated rings. The van der Waals surface area contributed by atoms with Crippen LogP contribution in [-0.2, 0) is 41.9 Å². The lowest BCUT2D eigenvalue weighted by Gasteiger charge is -2.34. The van der Waals surface area contributed by atoms with Crippen LogP contribution in [0.1, 0.15) is 76.3 Å². The molecule has 6 amide bonds. The second-order valence-electron chi connectivity index (χ2n) is 16.8. The Morgan fingerprint density at radius 1 is 0.643 bits per heavy atom. The van der Waals surface area contributed by atoms with Crippen molar-refractivity contribution < 1.29 is 28.0 Å². The predicted octanol–water partition coefficient (Wildman–Crippen LogP) is 8.48. The van der Waals surface area contributed by atoms with Crippen LogP contribution in [0.4, 0.5) is 41.1 Å². The van der Waals surface area contributed by atoms with Crippen molar-refractivity contribution in [3.05, 3.63) is 118 Å². The van der Waals surface area contributed by atoms with Gasteiger partial charge in [-0.2, -0.15) is 0 Å². The first-order valence-electron chi connectivity index (χ1n) is 18.9. The van der Waals surface area contributed by atoms with E-state index in [1.807, 2.05) is 103 Å². The molecule has 0 saturated heterocycles. The molecule has 4 N–H and O–H groups in total. The standard InChI is InChI=1S/C44H50F2N6O4/c1-26-16-31-20-36(34(46)21-37(31)51(39(26)53)24-28-12-9-8-10-13-28)48-42(56)50-44(6,7)23-29-14-11-15-30(18-29)25-52-38-22-33(45)35(47-41(55)49-43(3,4)5)19-32(38)17-27(2)40(52)54/h8-15,18-22,26-27H,16-17,23-25H2,1-7H3,(H2,47,49,55)(H2,48,50,56)/t26-,27+/m1/s1. The molecule has 4 aromatic carbocycles. The third-order valence-corrected chi connectivity index (χ3v) is 9.94. The molecule has 0 aromatic heterocycles. The van der Waals surface area contributed by atoms with Gasteiger partial charge in [-0.3, -0.25) is 9.59 Å². The van der Waals surface area contributed by atoms with Gasteiger partial charge in [0.2, 0.25) is 11.8 Å². The zero-order chi connectivity index (χ0) is 40.5. The lowest BCUT2D eigenvalue weighted by molar-refractivity contribution is -0.123. The van der Waals surface area contributed by atoms with Crippen LogP contribution in [0.15, 0.2) is 78.9 Å². The number of amides is 6.